The minimum Gasteiger partial charge on any atom is -0.495 e. The van der Waals surface area contributed by atoms with Crippen LogP contribution in [-0.2, 0) is 40.5 Å². The molecule has 6 aromatic carbocycles. The average molecular weight is 1320 g/mol. The molecule has 0 saturated carbocycles. The van der Waals surface area contributed by atoms with Crippen molar-refractivity contribution in [2.24, 2.45) is 10.2 Å². The number of nitrogens with zero attached hydrogens (tertiary/aromatic N) is 5. The van der Waals surface area contributed by atoms with Gasteiger partial charge >= 0.3 is 5.97 Å². The fourth-order valence-electron chi connectivity index (χ4n) is 6.40. The van der Waals surface area contributed by atoms with Gasteiger partial charge in [-0.3, -0.25) is 18.2 Å². The topological polar surface area (TPSA) is 486 Å². The van der Waals surface area contributed by atoms with Gasteiger partial charge in [-0.25, -0.2) is 4.79 Å². The highest BCUT2D eigenvalue weighted by Crippen LogP contribution is 2.40. The number of hydrogen-bond donors (Lipinski definition) is 12. The number of carboxylic acid groups (broad SMARTS) is 1. The molecule has 7 aromatic rings. The van der Waals surface area contributed by atoms with Crippen LogP contribution < -0.4 is 53.1 Å². The lowest BCUT2D eigenvalue weighted by molar-refractivity contribution is 0.0697. The number of rotatable bonds is 22. The first kappa shape index (κ1) is 67.0. The lowest BCUT2D eigenvalue weighted by Crippen LogP contribution is -2.11. The Hall–Kier alpha value is -7.80. The number of aromatic carboxylic acids is 1. The van der Waals surface area contributed by atoms with Gasteiger partial charge in [-0.1, -0.05) is 46.4 Å². The number of methoxy groups -OCH3 is 1. The van der Waals surface area contributed by atoms with E-state index in [9.17, 15) is 48.1 Å². The van der Waals surface area contributed by atoms with E-state index in [1.54, 1.807) is 24.3 Å². The second kappa shape index (κ2) is 29.1. The van der Waals surface area contributed by atoms with E-state index in [1.165, 1.54) is 73.8 Å². The van der Waals surface area contributed by atoms with Crippen molar-refractivity contribution < 1.29 is 76.0 Å². The Kier molecular flexibility index (Phi) is 23.2. The molecule has 0 bridgehead atoms. The molecule has 29 nitrogen and oxygen atoms in total. The van der Waals surface area contributed by atoms with Gasteiger partial charge in [0, 0.05) is 29.2 Å². The molecule has 1 heterocycles. The molecule has 0 radical (unpaired) electrons. The number of hydrogen-bond acceptors (Lipinski definition) is 24. The molecule has 0 aliphatic heterocycles. The van der Waals surface area contributed by atoms with Crippen LogP contribution in [0.15, 0.2) is 123 Å². The van der Waals surface area contributed by atoms with Gasteiger partial charge in [0.1, 0.15) is 27.8 Å². The highest BCUT2D eigenvalue weighted by atomic mass is 35.5. The van der Waals surface area contributed by atoms with Crippen LogP contribution in [0.1, 0.15) is 23.2 Å². The second-order valence-electron chi connectivity index (χ2n) is 16.7. The van der Waals surface area contributed by atoms with Crippen LogP contribution in [0.5, 0.6) is 17.2 Å². The number of nitrogens with two attached hydrogens (primary N) is 4. The fraction of sp³-hybridized carbons (Fsp3) is 0.149. The molecule has 0 atom stereocenters. The predicted octanol–water partition coefficient (Wildman–Crippen LogP) is 9.35. The second-order valence-corrected chi connectivity index (χ2v) is 24.2. The summed E-state index contributed by atoms with van der Waals surface area (Å²) in [5, 5.41) is 26.7. The zero-order valence-corrected chi connectivity index (χ0v) is 49.2. The third-order valence-corrected chi connectivity index (χ3v) is 15.0. The zero-order valence-electron chi connectivity index (χ0n) is 42.9. The molecule has 16 N–H and O–H groups in total. The lowest BCUT2D eigenvalue weighted by atomic mass is 10.2. The number of azo groups is 1. The maximum absolute atomic E-state index is 11.6. The third-order valence-electron chi connectivity index (χ3n) is 10.2. The molecule has 0 unspecified atom stereocenters. The van der Waals surface area contributed by atoms with Crippen LogP contribution in [0.25, 0.3) is 0 Å². The van der Waals surface area contributed by atoms with Crippen LogP contribution in [0.4, 0.5) is 69.0 Å². The Morgan fingerprint density at radius 2 is 1.08 bits per heavy atom. The van der Waals surface area contributed by atoms with Gasteiger partial charge in [-0.15, -0.1) is 5.11 Å². The summed E-state index contributed by atoms with van der Waals surface area (Å²) in [6, 6.07) is 23.7. The smallest absolute Gasteiger partial charge is 0.337 e. The van der Waals surface area contributed by atoms with Gasteiger partial charge in [-0.2, -0.15) is 53.7 Å². The summed E-state index contributed by atoms with van der Waals surface area (Å²) in [6.45, 7) is -0.333. The highest BCUT2D eigenvalue weighted by molar-refractivity contribution is 7.86. The van der Waals surface area contributed by atoms with Crippen LogP contribution in [0.2, 0.25) is 20.1 Å². The Labute approximate surface area is 499 Å². The minimum atomic E-state index is -4.30. The summed E-state index contributed by atoms with van der Waals surface area (Å²) in [7, 11) is -15.5. The minimum absolute atomic E-state index is 0.00256. The standard InChI is InChI=1S/C34H33Cl3N10O10S2.C7H9NO4S.C6H6ClNO3S/c35-22-8-7-20(13-21(22)31(48)49)46-47-26-17-30(57-10-2-12-59(53,54)55)28(15-24(26)37)42-34-44-32(40-19-5-3-18(38)4-6-19)43-33(45-34)41-27-14-23(36)25(39)16-29(27)56-9-1-11-58(50,51)52;1-12-7-3-2-5(4-6(7)8)13(9,10)11;7-5-3-4(8)1-2-6(5)12(9,10)11/h3-8,13-17H,1-2,9-12,38-39H2,(H,48,49)(H,50,51,52)(H,53,54,55)(H3,40,41,42,43,44,45);2-4H,8H2,1H3,(H,9,10,11);1-3H,8H2,(H,9,10,11). The molecule has 37 heteroatoms. The molecule has 0 aliphatic carbocycles. The molecule has 0 fully saturated rings. The van der Waals surface area contributed by atoms with E-state index in [-0.39, 0.29) is 125 Å². The van der Waals surface area contributed by atoms with Crippen molar-refractivity contribution in [3.05, 3.63) is 129 Å². The molecular formula is C47H48Cl4N12O17S4. The molecule has 450 valence electrons. The van der Waals surface area contributed by atoms with Gasteiger partial charge in [-0.05, 0) is 104 Å². The monoisotopic (exact) mass is 1320 g/mol. The van der Waals surface area contributed by atoms with E-state index in [2.05, 4.69) is 41.1 Å². The van der Waals surface area contributed by atoms with E-state index in [1.807, 2.05) is 0 Å². The van der Waals surface area contributed by atoms with Crippen molar-refractivity contribution >= 4 is 162 Å². The van der Waals surface area contributed by atoms with Gasteiger partial charge in [0.2, 0.25) is 17.8 Å². The first-order chi connectivity index (χ1) is 39.2. The summed E-state index contributed by atoms with van der Waals surface area (Å²) in [5.74, 6) is -2.04. The first-order valence-electron chi connectivity index (χ1n) is 23.1. The Bertz CT molecular complexity index is 4050. The first-order valence-corrected chi connectivity index (χ1v) is 30.7. The quantitative estimate of drug-likeness (QED) is 0.0130. The Morgan fingerprint density at radius 3 is 1.58 bits per heavy atom. The number of nitrogen functional groups attached to an aromatic ring is 4. The van der Waals surface area contributed by atoms with E-state index in [0.717, 1.165) is 12.1 Å². The van der Waals surface area contributed by atoms with Crippen molar-refractivity contribution in [3.63, 3.8) is 0 Å². The summed E-state index contributed by atoms with van der Waals surface area (Å²) in [4.78, 5) is 24.4. The zero-order chi connectivity index (χ0) is 62.3. The van der Waals surface area contributed by atoms with Crippen molar-refractivity contribution in [1.29, 1.82) is 0 Å². The Morgan fingerprint density at radius 1 is 0.548 bits per heavy atom. The van der Waals surface area contributed by atoms with Crippen LogP contribution in [-0.4, -0.2) is 110 Å². The van der Waals surface area contributed by atoms with E-state index >= 15 is 0 Å². The summed E-state index contributed by atoms with van der Waals surface area (Å²) in [6.07, 6.45) is -0.160. The van der Waals surface area contributed by atoms with Crippen LogP contribution in [0.3, 0.4) is 0 Å². The number of benzene rings is 6. The van der Waals surface area contributed by atoms with Gasteiger partial charge in [0.25, 0.3) is 40.5 Å². The van der Waals surface area contributed by atoms with Gasteiger partial charge in [0.15, 0.2) is 0 Å². The molecule has 0 spiro atoms. The van der Waals surface area contributed by atoms with Crippen molar-refractivity contribution in [1.82, 2.24) is 15.0 Å². The van der Waals surface area contributed by atoms with Crippen molar-refractivity contribution in [2.75, 3.05) is 70.7 Å². The SMILES string of the molecule is COc1ccc(S(=O)(=O)O)cc1N.Nc1ccc(Nc2nc(Nc3cc(Cl)c(N)cc3OCCCS(=O)(=O)O)nc(Nc3cc(Cl)c(N=Nc4ccc(Cl)c(C(=O)O)c4)cc3OCCCS(=O)(=O)O)n2)cc1.Nc1ccc(S(=O)(=O)O)c(Cl)c1. The summed E-state index contributed by atoms with van der Waals surface area (Å²) in [5.41, 5.74) is 24.6. The van der Waals surface area contributed by atoms with Crippen molar-refractivity contribution in [3.8, 4) is 17.2 Å². The summed E-state index contributed by atoms with van der Waals surface area (Å²) >= 11 is 24.4. The van der Waals surface area contributed by atoms with Crippen LogP contribution in [0, 0.1) is 0 Å². The predicted molar refractivity (Wildman–Crippen MR) is 316 cm³/mol. The molecule has 7 rings (SSSR count). The van der Waals surface area contributed by atoms with Crippen molar-refractivity contribution in [2.45, 2.75) is 22.6 Å². The molecule has 1 aromatic heterocycles. The molecular weight excluding hydrogens is 1270 g/mol. The van der Waals surface area contributed by atoms with Gasteiger partial charge < -0.3 is 58.2 Å². The number of carbonyl (C=O) groups is 1. The molecule has 0 saturated heterocycles. The van der Waals surface area contributed by atoms with Crippen LogP contribution >= 0.6 is 46.4 Å². The maximum Gasteiger partial charge on any atom is 0.337 e. The molecule has 84 heavy (non-hydrogen) atoms. The normalized spacial score (nSPS) is 11.6. The Balaban J connectivity index is 0.000000421. The van der Waals surface area contributed by atoms with E-state index in [4.69, 9.17) is 97.2 Å². The third kappa shape index (κ3) is 21.4. The number of ether oxygens (including phenoxy) is 3. The largest absolute Gasteiger partial charge is 0.495 e. The number of nitrogens with one attached hydrogen (secondary N) is 3. The number of carboxylic acids is 1. The highest BCUT2D eigenvalue weighted by Gasteiger charge is 2.19. The molecule has 0 amide bonds. The number of anilines is 10. The maximum atomic E-state index is 11.6. The van der Waals surface area contributed by atoms with Gasteiger partial charge in [0.05, 0.1) is 90.8 Å². The molecule has 0 aliphatic rings. The lowest BCUT2D eigenvalue weighted by Gasteiger charge is -2.17. The average Bonchev–Trinajstić information content (AvgIpc) is 3.57. The number of aromatic nitrogens is 3. The summed E-state index contributed by atoms with van der Waals surface area (Å²) < 4.78 is 140. The number of halogens is 4. The van der Waals surface area contributed by atoms with E-state index in [0.29, 0.717) is 22.8 Å². The van der Waals surface area contributed by atoms with E-state index < -0.39 is 57.9 Å². The fourth-order valence-corrected chi connectivity index (χ4v) is 9.47.